The van der Waals surface area contributed by atoms with Crippen molar-refractivity contribution in [2.24, 2.45) is 10.9 Å². The molecule has 4 atom stereocenters. The SMILES string of the molecule is CN=C(NCC1CCCOC1c1ccc(C)cc1)N1CCOC(C2CCCO2)C1.I. The zero-order valence-corrected chi connectivity index (χ0v) is 20.5. The van der Waals surface area contributed by atoms with Gasteiger partial charge in [-0.25, -0.2) is 0 Å². The van der Waals surface area contributed by atoms with Gasteiger partial charge in [-0.15, -0.1) is 24.0 Å². The number of aliphatic imine (C=N–C) groups is 1. The Morgan fingerprint density at radius 2 is 1.77 bits per heavy atom. The van der Waals surface area contributed by atoms with E-state index in [2.05, 4.69) is 46.4 Å². The van der Waals surface area contributed by atoms with Gasteiger partial charge < -0.3 is 24.4 Å². The van der Waals surface area contributed by atoms with Crippen LogP contribution in [0.4, 0.5) is 0 Å². The maximum Gasteiger partial charge on any atom is 0.193 e. The van der Waals surface area contributed by atoms with E-state index in [0.29, 0.717) is 5.92 Å². The summed E-state index contributed by atoms with van der Waals surface area (Å²) in [6.07, 6.45) is 5.05. The van der Waals surface area contributed by atoms with Gasteiger partial charge in [0.2, 0.25) is 0 Å². The number of nitrogens with zero attached hydrogens (tertiary/aromatic N) is 2. The predicted octanol–water partition coefficient (Wildman–Crippen LogP) is 3.54. The van der Waals surface area contributed by atoms with Gasteiger partial charge in [0.1, 0.15) is 6.10 Å². The molecular weight excluding hydrogens is 493 g/mol. The summed E-state index contributed by atoms with van der Waals surface area (Å²) in [5.41, 5.74) is 2.56. The summed E-state index contributed by atoms with van der Waals surface area (Å²) in [7, 11) is 1.87. The fourth-order valence-electron chi connectivity index (χ4n) is 4.72. The summed E-state index contributed by atoms with van der Waals surface area (Å²) in [6.45, 7) is 7.13. The lowest BCUT2D eigenvalue weighted by Gasteiger charge is -2.38. The number of hydrogen-bond acceptors (Lipinski definition) is 4. The van der Waals surface area contributed by atoms with Gasteiger partial charge in [-0.1, -0.05) is 29.8 Å². The fraction of sp³-hybridized carbons (Fsp3) is 0.696. The lowest BCUT2D eigenvalue weighted by Crippen LogP contribution is -2.54. The number of nitrogens with one attached hydrogen (secondary N) is 1. The second-order valence-corrected chi connectivity index (χ2v) is 8.44. The van der Waals surface area contributed by atoms with Crippen LogP contribution in [0.25, 0.3) is 0 Å². The first-order valence-electron chi connectivity index (χ1n) is 11.1. The number of guanidine groups is 1. The standard InChI is InChI=1S/C23H35N3O3.HI/c1-17-7-9-18(10-8-17)22-19(5-3-13-29-22)15-25-23(24-2)26-11-14-28-21(16-26)20-6-4-12-27-20;/h7-10,19-22H,3-6,11-16H2,1-2H3,(H,24,25);1H. The molecule has 0 amide bonds. The molecule has 3 heterocycles. The number of ether oxygens (including phenoxy) is 3. The van der Waals surface area contributed by atoms with Gasteiger partial charge in [-0.2, -0.15) is 0 Å². The van der Waals surface area contributed by atoms with Crippen LogP contribution in [0.1, 0.15) is 42.9 Å². The summed E-state index contributed by atoms with van der Waals surface area (Å²) in [4.78, 5) is 6.88. The monoisotopic (exact) mass is 529 g/mol. The first-order chi connectivity index (χ1) is 14.2. The molecule has 4 unspecified atom stereocenters. The minimum Gasteiger partial charge on any atom is -0.375 e. The van der Waals surface area contributed by atoms with E-state index < -0.39 is 0 Å². The molecule has 0 aliphatic carbocycles. The molecule has 3 saturated heterocycles. The van der Waals surface area contributed by atoms with Gasteiger partial charge >= 0.3 is 0 Å². The van der Waals surface area contributed by atoms with Gasteiger partial charge in [-0.05, 0) is 38.2 Å². The van der Waals surface area contributed by atoms with Gasteiger partial charge in [0, 0.05) is 45.8 Å². The maximum atomic E-state index is 6.18. The van der Waals surface area contributed by atoms with E-state index in [1.807, 2.05) is 7.05 Å². The van der Waals surface area contributed by atoms with E-state index in [9.17, 15) is 0 Å². The number of morpholine rings is 1. The van der Waals surface area contributed by atoms with Crippen LogP contribution in [0.2, 0.25) is 0 Å². The Balaban J connectivity index is 0.00000256. The van der Waals surface area contributed by atoms with Crippen molar-refractivity contribution < 1.29 is 14.2 Å². The molecule has 1 N–H and O–H groups in total. The molecule has 3 fully saturated rings. The zero-order valence-electron chi connectivity index (χ0n) is 18.2. The molecule has 0 radical (unpaired) electrons. The Bertz CT molecular complexity index is 679. The molecule has 1 aromatic rings. The van der Waals surface area contributed by atoms with Crippen LogP contribution < -0.4 is 5.32 Å². The quantitative estimate of drug-likeness (QED) is 0.368. The number of halogens is 1. The highest BCUT2D eigenvalue weighted by atomic mass is 127. The molecule has 30 heavy (non-hydrogen) atoms. The van der Waals surface area contributed by atoms with E-state index in [1.54, 1.807) is 0 Å². The Hall–Kier alpha value is -0.900. The van der Waals surface area contributed by atoms with E-state index in [-0.39, 0.29) is 42.3 Å². The van der Waals surface area contributed by atoms with Crippen molar-refractivity contribution in [2.75, 3.05) is 46.5 Å². The predicted molar refractivity (Wildman–Crippen MR) is 130 cm³/mol. The summed E-state index contributed by atoms with van der Waals surface area (Å²) >= 11 is 0. The number of hydrogen-bond donors (Lipinski definition) is 1. The molecule has 7 heteroatoms. The topological polar surface area (TPSA) is 55.3 Å². The van der Waals surface area contributed by atoms with Crippen LogP contribution in [-0.4, -0.2) is 69.6 Å². The highest BCUT2D eigenvalue weighted by Gasteiger charge is 2.33. The van der Waals surface area contributed by atoms with E-state index in [1.165, 1.54) is 17.5 Å². The van der Waals surface area contributed by atoms with Crippen LogP contribution in [-0.2, 0) is 14.2 Å². The largest absolute Gasteiger partial charge is 0.375 e. The van der Waals surface area contributed by atoms with E-state index in [0.717, 1.165) is 64.7 Å². The number of rotatable bonds is 4. The van der Waals surface area contributed by atoms with Crippen molar-refractivity contribution >= 4 is 29.9 Å². The lowest BCUT2D eigenvalue weighted by atomic mass is 9.89. The van der Waals surface area contributed by atoms with Gasteiger partial charge in [0.15, 0.2) is 5.96 Å². The summed E-state index contributed by atoms with van der Waals surface area (Å²) < 4.78 is 18.0. The molecule has 0 aromatic heterocycles. The van der Waals surface area contributed by atoms with E-state index in [4.69, 9.17) is 14.2 Å². The van der Waals surface area contributed by atoms with Crippen molar-refractivity contribution in [3.8, 4) is 0 Å². The van der Waals surface area contributed by atoms with Gasteiger partial charge in [0.05, 0.1) is 18.8 Å². The van der Waals surface area contributed by atoms with Crippen molar-refractivity contribution in [1.29, 1.82) is 0 Å². The van der Waals surface area contributed by atoms with Crippen molar-refractivity contribution in [1.82, 2.24) is 10.2 Å². The number of aryl methyl sites for hydroxylation is 1. The van der Waals surface area contributed by atoms with Crippen LogP contribution in [0, 0.1) is 12.8 Å². The van der Waals surface area contributed by atoms with Crippen molar-refractivity contribution in [3.63, 3.8) is 0 Å². The third kappa shape index (κ3) is 5.87. The second-order valence-electron chi connectivity index (χ2n) is 8.44. The highest BCUT2D eigenvalue weighted by Crippen LogP contribution is 2.33. The minimum atomic E-state index is 0. The fourth-order valence-corrected chi connectivity index (χ4v) is 4.72. The second kappa shape index (κ2) is 11.6. The minimum absolute atomic E-state index is 0. The molecule has 0 saturated carbocycles. The first kappa shape index (κ1) is 23.8. The summed E-state index contributed by atoms with van der Waals surface area (Å²) in [5.74, 6) is 1.41. The third-order valence-electron chi connectivity index (χ3n) is 6.36. The van der Waals surface area contributed by atoms with Crippen LogP contribution in [0.15, 0.2) is 29.3 Å². The molecule has 0 bridgehead atoms. The molecule has 1 aromatic carbocycles. The molecule has 6 nitrogen and oxygen atoms in total. The van der Waals surface area contributed by atoms with E-state index >= 15 is 0 Å². The van der Waals surface area contributed by atoms with Crippen molar-refractivity contribution in [2.45, 2.75) is 50.9 Å². The Morgan fingerprint density at radius 1 is 1.03 bits per heavy atom. The average molecular weight is 529 g/mol. The maximum absolute atomic E-state index is 6.18. The first-order valence-corrected chi connectivity index (χ1v) is 11.1. The van der Waals surface area contributed by atoms with Crippen LogP contribution in [0.3, 0.4) is 0 Å². The smallest absolute Gasteiger partial charge is 0.193 e. The van der Waals surface area contributed by atoms with Crippen LogP contribution >= 0.6 is 24.0 Å². The molecule has 3 aliphatic rings. The van der Waals surface area contributed by atoms with Gasteiger partial charge in [-0.3, -0.25) is 4.99 Å². The third-order valence-corrected chi connectivity index (χ3v) is 6.36. The molecule has 168 valence electrons. The molecule has 3 aliphatic heterocycles. The zero-order chi connectivity index (χ0) is 20.1. The molecule has 0 spiro atoms. The summed E-state index contributed by atoms with van der Waals surface area (Å²) in [5, 5.41) is 3.63. The Labute approximate surface area is 197 Å². The molecular formula is C23H36IN3O3. The average Bonchev–Trinajstić information content (AvgIpc) is 3.30. The lowest BCUT2D eigenvalue weighted by molar-refractivity contribution is -0.0818. The highest BCUT2D eigenvalue weighted by molar-refractivity contribution is 14.0. The van der Waals surface area contributed by atoms with Gasteiger partial charge in [0.25, 0.3) is 0 Å². The Kier molecular flexibility index (Phi) is 9.22. The van der Waals surface area contributed by atoms with Crippen molar-refractivity contribution in [3.05, 3.63) is 35.4 Å². The normalized spacial score (nSPS) is 30.1. The Morgan fingerprint density at radius 3 is 2.50 bits per heavy atom. The summed E-state index contributed by atoms with van der Waals surface area (Å²) in [6, 6.07) is 8.77. The molecule has 4 rings (SSSR count). The van der Waals surface area contributed by atoms with Crippen LogP contribution in [0.5, 0.6) is 0 Å². The number of benzene rings is 1.